The second-order valence-electron chi connectivity index (χ2n) is 4.48. The van der Waals surface area contributed by atoms with Crippen LogP contribution >= 0.6 is 0 Å². The van der Waals surface area contributed by atoms with E-state index in [0.717, 1.165) is 12.0 Å². The Kier molecular flexibility index (Phi) is 6.15. The van der Waals surface area contributed by atoms with Crippen LogP contribution < -0.4 is 15.4 Å². The average molecular weight is 266 g/mol. The second-order valence-corrected chi connectivity index (χ2v) is 4.48. The van der Waals surface area contributed by atoms with Crippen molar-refractivity contribution >= 4 is 11.7 Å². The number of aliphatic hydroxyl groups excluding tert-OH is 1. The van der Waals surface area contributed by atoms with Gasteiger partial charge in [-0.15, -0.1) is 0 Å². The monoisotopic (exact) mass is 266 g/mol. The molecule has 1 aromatic carbocycles. The van der Waals surface area contributed by atoms with E-state index >= 15 is 0 Å². The zero-order valence-corrected chi connectivity index (χ0v) is 11.7. The van der Waals surface area contributed by atoms with Crippen molar-refractivity contribution in [3.05, 3.63) is 23.8 Å². The van der Waals surface area contributed by atoms with Gasteiger partial charge in [0.05, 0.1) is 18.9 Å². The van der Waals surface area contributed by atoms with Crippen LogP contribution in [0.2, 0.25) is 0 Å². The molecule has 106 valence electrons. The van der Waals surface area contributed by atoms with Gasteiger partial charge in [0.2, 0.25) is 0 Å². The molecule has 0 spiro atoms. The fourth-order valence-corrected chi connectivity index (χ4v) is 1.71. The SMILES string of the molecule is CCCC(O)CNC(=O)Nc1ccc(C)cc1OC. The third-order valence-electron chi connectivity index (χ3n) is 2.73. The van der Waals surface area contributed by atoms with Gasteiger partial charge >= 0.3 is 6.03 Å². The van der Waals surface area contributed by atoms with E-state index in [9.17, 15) is 9.90 Å². The smallest absolute Gasteiger partial charge is 0.319 e. The van der Waals surface area contributed by atoms with Crippen molar-refractivity contribution in [1.29, 1.82) is 0 Å². The molecule has 0 aromatic heterocycles. The third kappa shape index (κ3) is 5.18. The second kappa shape index (κ2) is 7.63. The van der Waals surface area contributed by atoms with E-state index in [1.54, 1.807) is 13.2 Å². The summed E-state index contributed by atoms with van der Waals surface area (Å²) < 4.78 is 5.20. The van der Waals surface area contributed by atoms with Gasteiger partial charge in [0.25, 0.3) is 0 Å². The molecular formula is C14H22N2O3. The maximum atomic E-state index is 11.7. The Morgan fingerprint density at radius 1 is 1.47 bits per heavy atom. The van der Waals surface area contributed by atoms with E-state index in [2.05, 4.69) is 10.6 Å². The molecule has 2 amide bonds. The Morgan fingerprint density at radius 2 is 2.21 bits per heavy atom. The molecule has 1 aromatic rings. The molecule has 5 heteroatoms. The highest BCUT2D eigenvalue weighted by Gasteiger charge is 2.09. The molecule has 0 aliphatic heterocycles. The van der Waals surface area contributed by atoms with Crippen molar-refractivity contribution in [2.75, 3.05) is 19.0 Å². The first-order valence-electron chi connectivity index (χ1n) is 6.44. The highest BCUT2D eigenvalue weighted by atomic mass is 16.5. The highest BCUT2D eigenvalue weighted by Crippen LogP contribution is 2.24. The van der Waals surface area contributed by atoms with Crippen molar-refractivity contribution in [2.24, 2.45) is 0 Å². The molecule has 0 fully saturated rings. The summed E-state index contributed by atoms with van der Waals surface area (Å²) in [5, 5.41) is 14.9. The van der Waals surface area contributed by atoms with Crippen LogP contribution in [0, 0.1) is 6.92 Å². The van der Waals surface area contributed by atoms with Gasteiger partial charge in [-0.2, -0.15) is 0 Å². The number of carbonyl (C=O) groups is 1. The Labute approximate surface area is 114 Å². The first-order valence-corrected chi connectivity index (χ1v) is 6.44. The Bertz CT molecular complexity index is 421. The van der Waals surface area contributed by atoms with E-state index < -0.39 is 6.10 Å². The number of urea groups is 1. The zero-order valence-electron chi connectivity index (χ0n) is 11.7. The molecule has 19 heavy (non-hydrogen) atoms. The number of hydrogen-bond acceptors (Lipinski definition) is 3. The minimum absolute atomic E-state index is 0.244. The van der Waals surface area contributed by atoms with Crippen LogP contribution in [0.15, 0.2) is 18.2 Å². The summed E-state index contributed by atoms with van der Waals surface area (Å²) in [7, 11) is 1.56. The number of aryl methyl sites for hydroxylation is 1. The molecule has 0 radical (unpaired) electrons. The normalized spacial score (nSPS) is 11.8. The molecule has 0 heterocycles. The summed E-state index contributed by atoms with van der Waals surface area (Å²) in [5.74, 6) is 0.615. The first kappa shape index (κ1) is 15.3. The lowest BCUT2D eigenvalue weighted by Gasteiger charge is -2.13. The first-order chi connectivity index (χ1) is 9.06. The quantitative estimate of drug-likeness (QED) is 0.740. The van der Waals surface area contributed by atoms with Crippen molar-refractivity contribution in [1.82, 2.24) is 5.32 Å². The number of rotatable bonds is 6. The lowest BCUT2D eigenvalue weighted by Crippen LogP contribution is -2.35. The van der Waals surface area contributed by atoms with Gasteiger partial charge in [0.15, 0.2) is 0 Å². The van der Waals surface area contributed by atoms with Crippen LogP contribution in [0.4, 0.5) is 10.5 Å². The van der Waals surface area contributed by atoms with Gasteiger partial charge in [-0.3, -0.25) is 0 Å². The van der Waals surface area contributed by atoms with Crippen molar-refractivity contribution in [3.63, 3.8) is 0 Å². The molecule has 0 saturated carbocycles. The minimum Gasteiger partial charge on any atom is -0.495 e. The molecule has 1 atom stereocenters. The van der Waals surface area contributed by atoms with Crippen LogP contribution in [-0.2, 0) is 0 Å². The average Bonchev–Trinajstić information content (AvgIpc) is 2.39. The van der Waals surface area contributed by atoms with Gasteiger partial charge in [0.1, 0.15) is 5.75 Å². The standard InChI is InChI=1S/C14H22N2O3/c1-4-5-11(17)9-15-14(18)16-12-7-6-10(2)8-13(12)19-3/h6-8,11,17H,4-5,9H2,1-3H3,(H2,15,16,18). The number of ether oxygens (including phenoxy) is 1. The number of anilines is 1. The van der Waals surface area contributed by atoms with E-state index in [1.165, 1.54) is 0 Å². The van der Waals surface area contributed by atoms with Gasteiger partial charge in [0, 0.05) is 6.54 Å². The highest BCUT2D eigenvalue weighted by molar-refractivity contribution is 5.90. The number of methoxy groups -OCH3 is 1. The molecule has 1 rings (SSSR count). The maximum absolute atomic E-state index is 11.7. The van der Waals surface area contributed by atoms with Crippen molar-refractivity contribution in [3.8, 4) is 5.75 Å². The maximum Gasteiger partial charge on any atom is 0.319 e. The van der Waals surface area contributed by atoms with E-state index in [-0.39, 0.29) is 12.6 Å². The summed E-state index contributed by atoms with van der Waals surface area (Å²) in [5.41, 5.74) is 1.66. The Hall–Kier alpha value is -1.75. The number of benzene rings is 1. The van der Waals surface area contributed by atoms with E-state index in [4.69, 9.17) is 4.74 Å². The van der Waals surface area contributed by atoms with Crippen LogP contribution in [0.3, 0.4) is 0 Å². The van der Waals surface area contributed by atoms with E-state index in [1.807, 2.05) is 26.0 Å². The van der Waals surface area contributed by atoms with Crippen LogP contribution in [-0.4, -0.2) is 30.9 Å². The topological polar surface area (TPSA) is 70.6 Å². The fraction of sp³-hybridized carbons (Fsp3) is 0.500. The number of amides is 2. The molecule has 0 bridgehead atoms. The predicted molar refractivity (Wildman–Crippen MR) is 75.7 cm³/mol. The van der Waals surface area contributed by atoms with Crippen LogP contribution in [0.1, 0.15) is 25.3 Å². The lowest BCUT2D eigenvalue weighted by atomic mass is 10.2. The van der Waals surface area contributed by atoms with Crippen molar-refractivity contribution < 1.29 is 14.6 Å². The fourth-order valence-electron chi connectivity index (χ4n) is 1.71. The van der Waals surface area contributed by atoms with Crippen molar-refractivity contribution in [2.45, 2.75) is 32.8 Å². The summed E-state index contributed by atoms with van der Waals surface area (Å²) in [6.07, 6.45) is 1.06. The van der Waals surface area contributed by atoms with Gasteiger partial charge < -0.3 is 20.5 Å². The summed E-state index contributed by atoms with van der Waals surface area (Å²) >= 11 is 0. The summed E-state index contributed by atoms with van der Waals surface area (Å²) in [6, 6.07) is 5.18. The van der Waals surface area contributed by atoms with E-state index in [0.29, 0.717) is 17.9 Å². The minimum atomic E-state index is -0.504. The Morgan fingerprint density at radius 3 is 2.84 bits per heavy atom. The molecule has 5 nitrogen and oxygen atoms in total. The third-order valence-corrected chi connectivity index (χ3v) is 2.73. The molecule has 0 saturated heterocycles. The predicted octanol–water partition coefficient (Wildman–Crippen LogP) is 2.29. The number of hydrogen-bond donors (Lipinski definition) is 3. The molecule has 0 aliphatic rings. The van der Waals surface area contributed by atoms with Crippen LogP contribution in [0.5, 0.6) is 5.75 Å². The Balaban J connectivity index is 2.52. The summed E-state index contributed by atoms with van der Waals surface area (Å²) in [6.45, 7) is 4.18. The van der Waals surface area contributed by atoms with Crippen LogP contribution in [0.25, 0.3) is 0 Å². The molecular weight excluding hydrogens is 244 g/mol. The lowest BCUT2D eigenvalue weighted by molar-refractivity contribution is 0.162. The molecule has 1 unspecified atom stereocenters. The molecule has 0 aliphatic carbocycles. The molecule has 3 N–H and O–H groups in total. The van der Waals surface area contributed by atoms with Gasteiger partial charge in [-0.05, 0) is 31.0 Å². The summed E-state index contributed by atoms with van der Waals surface area (Å²) in [4.78, 5) is 11.7. The van der Waals surface area contributed by atoms with Gasteiger partial charge in [-0.25, -0.2) is 4.79 Å². The largest absolute Gasteiger partial charge is 0.495 e. The van der Waals surface area contributed by atoms with Gasteiger partial charge in [-0.1, -0.05) is 19.4 Å². The number of aliphatic hydroxyl groups is 1. The number of carbonyl (C=O) groups excluding carboxylic acids is 1. The number of nitrogens with one attached hydrogen (secondary N) is 2. The zero-order chi connectivity index (χ0) is 14.3.